The number of halogens is 3. The van der Waals surface area contributed by atoms with Crippen molar-refractivity contribution in [2.75, 3.05) is 5.32 Å². The van der Waals surface area contributed by atoms with Gasteiger partial charge in [-0.2, -0.15) is 23.5 Å². The number of nitrogens with zero attached hydrogens (tertiary/aromatic N) is 4. The Bertz CT molecular complexity index is 930. The highest BCUT2D eigenvalue weighted by atomic mass is 19.4. The van der Waals surface area contributed by atoms with Gasteiger partial charge < -0.3 is 10.4 Å². The van der Waals surface area contributed by atoms with Crippen LogP contribution in [0.2, 0.25) is 0 Å². The number of carbonyl (C=O) groups is 1. The maximum absolute atomic E-state index is 13.0. The molecule has 1 aromatic heterocycles. The summed E-state index contributed by atoms with van der Waals surface area (Å²) >= 11 is 0. The lowest BCUT2D eigenvalue weighted by Crippen LogP contribution is -2.43. The maximum Gasteiger partial charge on any atom is 0.423 e. The Labute approximate surface area is 149 Å². The largest absolute Gasteiger partial charge is 0.423 e. The molecule has 2 aromatic rings. The lowest BCUT2D eigenvalue weighted by molar-refractivity contribution is -0.388. The van der Waals surface area contributed by atoms with E-state index in [2.05, 4.69) is 10.4 Å². The molecule has 142 valence electrons. The Kier molecular flexibility index (Phi) is 5.18. The minimum atomic E-state index is -5.01. The van der Waals surface area contributed by atoms with Gasteiger partial charge in [-0.15, -0.1) is 0 Å². The molecule has 9 nitrogen and oxygen atoms in total. The standard InChI is InChI=1S/C15H12F3N5O4/c1-14(25,8-22-7-9(5-19)6-20-22)13(24)21-10-2-3-12(23(26)27)11(4-10)15(16,17)18/h2-4,6-7,25H,8H2,1H3,(H,21,24)/t14-/m0/s1. The lowest BCUT2D eigenvalue weighted by atomic mass is 10.1. The number of aromatic nitrogens is 2. The van der Waals surface area contributed by atoms with Crippen molar-refractivity contribution in [1.29, 1.82) is 5.26 Å². The Morgan fingerprint density at radius 2 is 2.15 bits per heavy atom. The van der Waals surface area contributed by atoms with Crippen molar-refractivity contribution in [3.63, 3.8) is 0 Å². The van der Waals surface area contributed by atoms with E-state index in [0.29, 0.717) is 12.1 Å². The fourth-order valence-corrected chi connectivity index (χ4v) is 2.16. The lowest BCUT2D eigenvalue weighted by Gasteiger charge is -2.22. The van der Waals surface area contributed by atoms with Crippen molar-refractivity contribution in [2.45, 2.75) is 25.2 Å². The van der Waals surface area contributed by atoms with E-state index >= 15 is 0 Å². The topological polar surface area (TPSA) is 134 Å². The molecule has 0 unspecified atom stereocenters. The third-order valence-corrected chi connectivity index (χ3v) is 3.48. The quantitative estimate of drug-likeness (QED) is 0.600. The summed E-state index contributed by atoms with van der Waals surface area (Å²) in [6.07, 6.45) is -2.52. The summed E-state index contributed by atoms with van der Waals surface area (Å²) in [4.78, 5) is 21.8. The van der Waals surface area contributed by atoms with Crippen LogP contribution in [-0.4, -0.2) is 31.3 Å². The van der Waals surface area contributed by atoms with Gasteiger partial charge in [0.2, 0.25) is 0 Å². The van der Waals surface area contributed by atoms with Crippen LogP contribution in [0.5, 0.6) is 0 Å². The molecule has 0 aliphatic carbocycles. The first-order chi connectivity index (χ1) is 12.4. The molecule has 2 N–H and O–H groups in total. The van der Waals surface area contributed by atoms with Gasteiger partial charge in [0.25, 0.3) is 11.6 Å². The number of carbonyl (C=O) groups excluding carboxylic acids is 1. The van der Waals surface area contributed by atoms with Gasteiger partial charge in [-0.05, 0) is 19.1 Å². The molecule has 2 rings (SSSR count). The van der Waals surface area contributed by atoms with Crippen LogP contribution in [0.15, 0.2) is 30.6 Å². The van der Waals surface area contributed by atoms with Gasteiger partial charge in [0, 0.05) is 18.0 Å². The number of aliphatic hydroxyl groups is 1. The first kappa shape index (κ1) is 19.9. The number of rotatable bonds is 5. The highest BCUT2D eigenvalue weighted by Crippen LogP contribution is 2.37. The van der Waals surface area contributed by atoms with E-state index in [1.165, 1.54) is 12.4 Å². The van der Waals surface area contributed by atoms with Gasteiger partial charge in [0.05, 0.1) is 23.2 Å². The van der Waals surface area contributed by atoms with Crippen molar-refractivity contribution in [1.82, 2.24) is 9.78 Å². The summed E-state index contributed by atoms with van der Waals surface area (Å²) in [6, 6.07) is 3.75. The fraction of sp³-hybridized carbons (Fsp3) is 0.267. The Morgan fingerprint density at radius 1 is 1.48 bits per heavy atom. The van der Waals surface area contributed by atoms with Crippen molar-refractivity contribution in [3.05, 3.63) is 51.8 Å². The zero-order chi connectivity index (χ0) is 20.4. The number of amides is 1. The normalized spacial score (nSPS) is 13.5. The Hall–Kier alpha value is -3.46. The average molecular weight is 383 g/mol. The average Bonchev–Trinajstić information content (AvgIpc) is 3.00. The van der Waals surface area contributed by atoms with Gasteiger partial charge >= 0.3 is 6.18 Å². The van der Waals surface area contributed by atoms with Crippen LogP contribution in [0.25, 0.3) is 0 Å². The molecule has 1 atom stereocenters. The van der Waals surface area contributed by atoms with E-state index in [1.54, 1.807) is 0 Å². The monoisotopic (exact) mass is 383 g/mol. The van der Waals surface area contributed by atoms with Gasteiger partial charge in [-0.3, -0.25) is 19.6 Å². The van der Waals surface area contributed by atoms with Crippen LogP contribution in [-0.2, 0) is 17.5 Å². The van der Waals surface area contributed by atoms with E-state index in [-0.39, 0.29) is 17.8 Å². The second-order valence-corrected chi connectivity index (χ2v) is 5.75. The van der Waals surface area contributed by atoms with Crippen LogP contribution >= 0.6 is 0 Å². The summed E-state index contributed by atoms with van der Waals surface area (Å²) in [5.41, 5.74) is -4.96. The predicted molar refractivity (Wildman–Crippen MR) is 84.3 cm³/mol. The van der Waals surface area contributed by atoms with Crippen molar-refractivity contribution >= 4 is 17.3 Å². The first-order valence-electron chi connectivity index (χ1n) is 7.26. The number of benzene rings is 1. The molecule has 12 heteroatoms. The van der Waals surface area contributed by atoms with Crippen molar-refractivity contribution in [2.24, 2.45) is 0 Å². The van der Waals surface area contributed by atoms with E-state index < -0.39 is 33.9 Å². The minimum absolute atomic E-state index is 0.191. The molecule has 0 saturated heterocycles. The number of hydrogen-bond acceptors (Lipinski definition) is 6. The fourth-order valence-electron chi connectivity index (χ4n) is 2.16. The molecule has 0 radical (unpaired) electrons. The number of nitro benzene ring substituents is 1. The Morgan fingerprint density at radius 3 is 2.67 bits per heavy atom. The number of anilines is 1. The zero-order valence-corrected chi connectivity index (χ0v) is 13.7. The molecule has 0 aliphatic heterocycles. The molecule has 27 heavy (non-hydrogen) atoms. The SMILES string of the molecule is C[C@](O)(Cn1cc(C#N)cn1)C(=O)Nc1ccc([N+](=O)[O-])c(C(F)(F)F)c1. The second kappa shape index (κ2) is 7.04. The number of nitriles is 1. The summed E-state index contributed by atoms with van der Waals surface area (Å²) in [5.74, 6) is -1.06. The Balaban J connectivity index is 2.23. The van der Waals surface area contributed by atoms with E-state index in [9.17, 15) is 33.2 Å². The molecule has 0 bridgehead atoms. The molecule has 0 fully saturated rings. The molecule has 0 aliphatic rings. The molecule has 1 heterocycles. The van der Waals surface area contributed by atoms with E-state index in [4.69, 9.17) is 5.26 Å². The zero-order valence-electron chi connectivity index (χ0n) is 13.7. The molecule has 0 spiro atoms. The van der Waals surface area contributed by atoms with Crippen LogP contribution < -0.4 is 5.32 Å². The highest BCUT2D eigenvalue weighted by Gasteiger charge is 2.39. The molecular formula is C15H12F3N5O4. The number of nitrogens with one attached hydrogen (secondary N) is 1. The van der Waals surface area contributed by atoms with E-state index in [1.807, 2.05) is 6.07 Å². The third kappa shape index (κ3) is 4.59. The molecule has 1 aromatic carbocycles. The van der Waals surface area contributed by atoms with Gasteiger partial charge in [0.15, 0.2) is 5.60 Å². The summed E-state index contributed by atoms with van der Waals surface area (Å²) in [6.45, 7) is 0.728. The smallest absolute Gasteiger partial charge is 0.378 e. The van der Waals surface area contributed by atoms with Crippen LogP contribution in [0.1, 0.15) is 18.1 Å². The molecule has 0 saturated carbocycles. The van der Waals surface area contributed by atoms with Crippen LogP contribution in [0, 0.1) is 21.4 Å². The maximum atomic E-state index is 13.0. The number of nitro groups is 1. The van der Waals surface area contributed by atoms with E-state index in [0.717, 1.165) is 17.7 Å². The second-order valence-electron chi connectivity index (χ2n) is 5.75. The highest BCUT2D eigenvalue weighted by molar-refractivity contribution is 5.97. The van der Waals surface area contributed by atoms with Gasteiger partial charge in [0.1, 0.15) is 11.6 Å². The van der Waals surface area contributed by atoms with Gasteiger partial charge in [-0.25, -0.2) is 0 Å². The van der Waals surface area contributed by atoms with Crippen molar-refractivity contribution < 1.29 is 28.0 Å². The number of alkyl halides is 3. The number of hydrogen-bond donors (Lipinski definition) is 2. The minimum Gasteiger partial charge on any atom is -0.378 e. The predicted octanol–water partition coefficient (Wildman–Crippen LogP) is 2.07. The summed E-state index contributed by atoms with van der Waals surface area (Å²) in [7, 11) is 0. The molecular weight excluding hydrogens is 371 g/mol. The first-order valence-corrected chi connectivity index (χ1v) is 7.26. The van der Waals surface area contributed by atoms with Crippen LogP contribution in [0.3, 0.4) is 0 Å². The van der Waals surface area contributed by atoms with Gasteiger partial charge in [-0.1, -0.05) is 0 Å². The van der Waals surface area contributed by atoms with Crippen LogP contribution in [0.4, 0.5) is 24.5 Å². The summed E-state index contributed by atoms with van der Waals surface area (Å²) < 4.78 is 40.1. The van der Waals surface area contributed by atoms with Crippen molar-refractivity contribution in [3.8, 4) is 6.07 Å². The summed E-state index contributed by atoms with van der Waals surface area (Å²) in [5, 5.41) is 35.6. The molecule has 1 amide bonds. The third-order valence-electron chi connectivity index (χ3n) is 3.48.